The Hall–Kier alpha value is -0.380. The van der Waals surface area contributed by atoms with Crippen LogP contribution in [0.25, 0.3) is 0 Å². The lowest BCUT2D eigenvalue weighted by Crippen LogP contribution is -2.60. The fourth-order valence-electron chi connectivity index (χ4n) is 5.33. The van der Waals surface area contributed by atoms with Gasteiger partial charge in [0, 0.05) is 15.5 Å². The van der Waals surface area contributed by atoms with Crippen LogP contribution < -0.4 is 5.32 Å². The second kappa shape index (κ2) is 6.16. The summed E-state index contributed by atoms with van der Waals surface area (Å²) in [4.78, 5) is 13.4. The highest BCUT2D eigenvalue weighted by atomic mass is 35.5. The van der Waals surface area contributed by atoms with Crippen LogP contribution in [-0.4, -0.2) is 17.2 Å². The summed E-state index contributed by atoms with van der Waals surface area (Å²) in [5, 5.41) is 4.70. The maximum atomic E-state index is 12.5. The molecule has 1 amide bonds. The first kappa shape index (κ1) is 16.1. The Morgan fingerprint density at radius 2 is 1.74 bits per heavy atom. The van der Waals surface area contributed by atoms with Crippen LogP contribution in [0.2, 0.25) is 10.0 Å². The van der Waals surface area contributed by atoms with Crippen molar-refractivity contribution in [3.05, 3.63) is 28.2 Å². The summed E-state index contributed by atoms with van der Waals surface area (Å²) in [7, 11) is 0. The van der Waals surface area contributed by atoms with Crippen LogP contribution in [0.4, 0.5) is 0 Å². The summed E-state index contributed by atoms with van der Waals surface area (Å²) in [6.45, 7) is 0. The van der Waals surface area contributed by atoms with Crippen molar-refractivity contribution >= 4 is 40.9 Å². The van der Waals surface area contributed by atoms with Gasteiger partial charge < -0.3 is 5.32 Å². The molecule has 0 saturated heterocycles. The normalized spacial score (nSPS) is 34.6. The van der Waals surface area contributed by atoms with Crippen LogP contribution in [0.1, 0.15) is 38.5 Å². The molecule has 23 heavy (non-hydrogen) atoms. The predicted octanol–water partition coefficient (Wildman–Crippen LogP) is 5.17. The number of hydrogen-bond donors (Lipinski definition) is 1. The fraction of sp³-hybridized carbons (Fsp3) is 0.611. The Balaban J connectivity index is 1.38. The van der Waals surface area contributed by atoms with Gasteiger partial charge in [-0.15, -0.1) is 11.8 Å². The number of thioether (sulfide) groups is 1. The second-order valence-corrected chi connectivity index (χ2v) is 9.47. The van der Waals surface area contributed by atoms with Gasteiger partial charge in [0.2, 0.25) is 5.91 Å². The lowest BCUT2D eigenvalue weighted by atomic mass is 9.53. The SMILES string of the molecule is O=C(CSc1cc(Cl)ccc1Cl)NC12CC3CC(CC(C3)C1)C2. The number of halogens is 2. The fourth-order valence-corrected chi connectivity index (χ4v) is 6.62. The average molecular weight is 370 g/mol. The minimum absolute atomic E-state index is 0.0878. The Kier molecular flexibility index (Phi) is 4.32. The molecule has 0 unspecified atom stereocenters. The minimum atomic E-state index is 0.0878. The van der Waals surface area contributed by atoms with Crippen LogP contribution in [0.15, 0.2) is 23.1 Å². The van der Waals surface area contributed by atoms with E-state index in [4.69, 9.17) is 23.2 Å². The summed E-state index contributed by atoms with van der Waals surface area (Å²) < 4.78 is 0. The molecular weight excluding hydrogens is 349 g/mol. The van der Waals surface area contributed by atoms with Gasteiger partial charge in [-0.25, -0.2) is 0 Å². The molecule has 5 heteroatoms. The smallest absolute Gasteiger partial charge is 0.230 e. The average Bonchev–Trinajstić information content (AvgIpc) is 2.46. The van der Waals surface area contributed by atoms with E-state index in [1.807, 2.05) is 6.07 Å². The molecule has 0 heterocycles. The first-order chi connectivity index (χ1) is 11.0. The van der Waals surface area contributed by atoms with Crippen LogP contribution in [-0.2, 0) is 4.79 Å². The third-order valence-corrected chi connectivity index (χ3v) is 7.43. The quantitative estimate of drug-likeness (QED) is 0.741. The Labute approximate surface area is 151 Å². The van der Waals surface area contributed by atoms with E-state index < -0.39 is 0 Å². The molecule has 124 valence electrons. The zero-order chi connectivity index (χ0) is 16.0. The maximum absolute atomic E-state index is 12.5. The van der Waals surface area contributed by atoms with Gasteiger partial charge in [0.25, 0.3) is 0 Å². The molecule has 2 nitrogen and oxygen atoms in total. The molecule has 0 radical (unpaired) electrons. The van der Waals surface area contributed by atoms with E-state index >= 15 is 0 Å². The van der Waals surface area contributed by atoms with Crippen molar-refractivity contribution in [2.75, 3.05) is 5.75 Å². The third kappa shape index (κ3) is 3.38. The number of hydrogen-bond acceptors (Lipinski definition) is 2. The first-order valence-electron chi connectivity index (χ1n) is 8.40. The number of rotatable bonds is 4. The molecule has 1 N–H and O–H groups in total. The number of amides is 1. The van der Waals surface area contributed by atoms with Gasteiger partial charge in [-0.3, -0.25) is 4.79 Å². The molecule has 4 saturated carbocycles. The van der Waals surface area contributed by atoms with Crippen molar-refractivity contribution in [2.24, 2.45) is 17.8 Å². The highest BCUT2D eigenvalue weighted by Crippen LogP contribution is 2.55. The molecule has 4 bridgehead atoms. The van der Waals surface area contributed by atoms with E-state index in [0.29, 0.717) is 15.8 Å². The van der Waals surface area contributed by atoms with E-state index in [0.717, 1.165) is 22.6 Å². The molecule has 4 aliphatic carbocycles. The summed E-state index contributed by atoms with van der Waals surface area (Å²) in [6.07, 6.45) is 7.74. The van der Waals surface area contributed by atoms with E-state index in [-0.39, 0.29) is 11.4 Å². The largest absolute Gasteiger partial charge is 0.350 e. The molecule has 0 aliphatic heterocycles. The van der Waals surface area contributed by atoms with Crippen molar-refractivity contribution in [1.29, 1.82) is 0 Å². The van der Waals surface area contributed by atoms with Crippen LogP contribution >= 0.6 is 35.0 Å². The van der Waals surface area contributed by atoms with Crippen LogP contribution in [0.5, 0.6) is 0 Å². The van der Waals surface area contributed by atoms with Crippen LogP contribution in [0.3, 0.4) is 0 Å². The lowest BCUT2D eigenvalue weighted by Gasteiger charge is -2.56. The first-order valence-corrected chi connectivity index (χ1v) is 10.1. The molecule has 1 aromatic carbocycles. The van der Waals surface area contributed by atoms with Crippen molar-refractivity contribution in [3.8, 4) is 0 Å². The summed E-state index contributed by atoms with van der Waals surface area (Å²) in [6, 6.07) is 5.37. The van der Waals surface area contributed by atoms with Gasteiger partial charge in [0.1, 0.15) is 0 Å². The topological polar surface area (TPSA) is 29.1 Å². The molecule has 0 atom stereocenters. The molecule has 4 fully saturated rings. The van der Waals surface area contributed by atoms with Crippen molar-refractivity contribution in [1.82, 2.24) is 5.32 Å². The minimum Gasteiger partial charge on any atom is -0.350 e. The Morgan fingerprint density at radius 1 is 1.13 bits per heavy atom. The number of benzene rings is 1. The monoisotopic (exact) mass is 369 g/mol. The van der Waals surface area contributed by atoms with Crippen molar-refractivity contribution < 1.29 is 4.79 Å². The zero-order valence-electron chi connectivity index (χ0n) is 13.0. The standard InChI is InChI=1S/C18H21Cl2NOS/c19-14-1-2-15(20)16(6-14)23-10-17(22)21-18-7-11-3-12(8-18)5-13(4-11)9-18/h1-2,6,11-13H,3-5,7-10H2,(H,21,22). The van der Waals surface area contributed by atoms with E-state index in [1.165, 1.54) is 50.3 Å². The van der Waals surface area contributed by atoms with Crippen molar-refractivity contribution in [2.45, 2.75) is 49.0 Å². The Bertz CT molecular complexity index is 598. The van der Waals surface area contributed by atoms with E-state index in [2.05, 4.69) is 5.32 Å². The van der Waals surface area contributed by atoms with E-state index in [1.54, 1.807) is 12.1 Å². The molecule has 4 aliphatic rings. The summed E-state index contributed by atoms with van der Waals surface area (Å²) in [5.74, 6) is 3.07. The molecule has 5 rings (SSSR count). The summed E-state index contributed by atoms with van der Waals surface area (Å²) in [5.41, 5.74) is 0.0878. The highest BCUT2D eigenvalue weighted by molar-refractivity contribution is 8.00. The van der Waals surface area contributed by atoms with Gasteiger partial charge in [-0.05, 0) is 74.5 Å². The maximum Gasteiger partial charge on any atom is 0.230 e. The van der Waals surface area contributed by atoms with Gasteiger partial charge in [0.05, 0.1) is 10.8 Å². The lowest BCUT2D eigenvalue weighted by molar-refractivity contribution is -0.124. The van der Waals surface area contributed by atoms with Gasteiger partial charge in [-0.2, -0.15) is 0 Å². The molecule has 1 aromatic rings. The van der Waals surface area contributed by atoms with Gasteiger partial charge >= 0.3 is 0 Å². The third-order valence-electron chi connectivity index (χ3n) is 5.69. The predicted molar refractivity (Wildman–Crippen MR) is 96.2 cm³/mol. The zero-order valence-corrected chi connectivity index (χ0v) is 15.3. The highest BCUT2D eigenvalue weighted by Gasteiger charge is 2.51. The molecular formula is C18H21Cl2NOS. The molecule has 0 spiro atoms. The molecule has 0 aromatic heterocycles. The van der Waals surface area contributed by atoms with E-state index in [9.17, 15) is 4.79 Å². The van der Waals surface area contributed by atoms with Gasteiger partial charge in [-0.1, -0.05) is 23.2 Å². The van der Waals surface area contributed by atoms with Crippen molar-refractivity contribution in [3.63, 3.8) is 0 Å². The second-order valence-electron chi connectivity index (χ2n) is 7.61. The van der Waals surface area contributed by atoms with Crippen LogP contribution in [0, 0.1) is 17.8 Å². The van der Waals surface area contributed by atoms with Gasteiger partial charge in [0.15, 0.2) is 0 Å². The number of carbonyl (C=O) groups is 1. The summed E-state index contributed by atoms with van der Waals surface area (Å²) >= 11 is 13.6. The number of nitrogens with one attached hydrogen (secondary N) is 1. The number of carbonyl (C=O) groups excluding carboxylic acids is 1. The Morgan fingerprint density at radius 3 is 2.35 bits per heavy atom.